The summed E-state index contributed by atoms with van der Waals surface area (Å²) in [5.41, 5.74) is 4.75. The van der Waals surface area contributed by atoms with Gasteiger partial charge >= 0.3 is 5.97 Å². The number of allylic oxidation sites excluding steroid dienone is 1. The van der Waals surface area contributed by atoms with Gasteiger partial charge in [0.2, 0.25) is 5.91 Å². The highest BCUT2D eigenvalue weighted by Crippen LogP contribution is 2.42. The smallest absolute Gasteiger partial charge is 0.337 e. The number of hydrogen-bond donors (Lipinski definition) is 2. The van der Waals surface area contributed by atoms with Crippen LogP contribution in [0.3, 0.4) is 0 Å². The minimum Gasteiger partial charge on any atom is -0.457 e. The van der Waals surface area contributed by atoms with Crippen LogP contribution in [-0.4, -0.2) is 40.2 Å². The van der Waals surface area contributed by atoms with E-state index >= 15 is 0 Å². The number of rotatable bonds is 10. The van der Waals surface area contributed by atoms with Gasteiger partial charge in [0.05, 0.1) is 41.4 Å². The molecule has 0 saturated heterocycles. The van der Waals surface area contributed by atoms with E-state index in [1.807, 2.05) is 107 Å². The van der Waals surface area contributed by atoms with Gasteiger partial charge < -0.3 is 24.7 Å². The second-order valence-corrected chi connectivity index (χ2v) is 12.5. The summed E-state index contributed by atoms with van der Waals surface area (Å²) >= 11 is 6.76. The third-order valence-corrected chi connectivity index (χ3v) is 7.92. The fraction of sp³-hybridized carbons (Fsp3) is 0.306. The van der Waals surface area contributed by atoms with Crippen molar-refractivity contribution < 1.29 is 19.1 Å². The van der Waals surface area contributed by atoms with Crippen molar-refractivity contribution in [3.63, 3.8) is 0 Å². The summed E-state index contributed by atoms with van der Waals surface area (Å²) in [6.07, 6.45) is 0. The first-order valence-electron chi connectivity index (χ1n) is 15.0. The van der Waals surface area contributed by atoms with E-state index in [1.165, 1.54) is 0 Å². The van der Waals surface area contributed by atoms with Gasteiger partial charge in [0, 0.05) is 28.4 Å². The summed E-state index contributed by atoms with van der Waals surface area (Å²) in [7, 11) is 0. The van der Waals surface area contributed by atoms with Gasteiger partial charge in [-0.2, -0.15) is 0 Å². The lowest BCUT2D eigenvalue weighted by atomic mass is 9.79. The number of benzene rings is 3. The van der Waals surface area contributed by atoms with Crippen LogP contribution in [0.15, 0.2) is 101 Å². The van der Waals surface area contributed by atoms with Crippen molar-refractivity contribution in [2.45, 2.75) is 59.2 Å². The summed E-state index contributed by atoms with van der Waals surface area (Å²) in [6, 6.07) is 24.7. The minimum absolute atomic E-state index is 0.0751. The molecule has 3 aromatic carbocycles. The molecule has 2 heterocycles. The molecule has 0 fully saturated rings. The van der Waals surface area contributed by atoms with Crippen LogP contribution in [0.4, 0.5) is 0 Å². The first-order valence-corrected chi connectivity index (χ1v) is 15.4. The molecule has 0 saturated carbocycles. The Morgan fingerprint density at radius 1 is 0.933 bits per heavy atom. The zero-order valence-electron chi connectivity index (χ0n) is 26.3. The Hall–Kier alpha value is -4.40. The zero-order valence-corrected chi connectivity index (χ0v) is 27.1. The summed E-state index contributed by atoms with van der Waals surface area (Å²) in [4.78, 5) is 32.5. The van der Waals surface area contributed by atoms with E-state index in [-0.39, 0.29) is 24.7 Å². The van der Waals surface area contributed by atoms with Crippen molar-refractivity contribution in [2.75, 3.05) is 13.2 Å². The molecule has 0 bridgehead atoms. The first-order chi connectivity index (χ1) is 21.5. The largest absolute Gasteiger partial charge is 0.457 e. The number of esters is 1. The highest BCUT2D eigenvalue weighted by molar-refractivity contribution is 6.31. The van der Waals surface area contributed by atoms with E-state index in [9.17, 15) is 9.59 Å². The number of carbonyl (C=O) groups excluding carboxylic acids is 2. The second-order valence-electron chi connectivity index (χ2n) is 12.1. The zero-order chi connectivity index (χ0) is 32.1. The molecule has 9 heteroatoms. The van der Waals surface area contributed by atoms with E-state index < -0.39 is 17.4 Å². The van der Waals surface area contributed by atoms with E-state index in [0.717, 1.165) is 22.4 Å². The number of nitrogens with zero attached hydrogens (tertiary/aromatic N) is 2. The number of imidazole rings is 1. The Bertz CT molecular complexity index is 1770. The Balaban J connectivity index is 1.49. The monoisotopic (exact) mass is 626 g/mol. The molecule has 0 aliphatic carbocycles. The molecule has 2 N–H and O–H groups in total. The number of para-hydroxylation sites is 2. The molecule has 5 rings (SSSR count). The van der Waals surface area contributed by atoms with E-state index in [1.54, 1.807) is 6.07 Å². The van der Waals surface area contributed by atoms with Gasteiger partial charge in [-0.3, -0.25) is 4.79 Å². The predicted molar refractivity (Wildman–Crippen MR) is 176 cm³/mol. The topological polar surface area (TPSA) is 94.5 Å². The van der Waals surface area contributed by atoms with E-state index in [4.69, 9.17) is 21.1 Å². The lowest BCUT2D eigenvalue weighted by molar-refractivity contribution is -0.140. The van der Waals surface area contributed by atoms with Gasteiger partial charge in [-0.1, -0.05) is 72.3 Å². The van der Waals surface area contributed by atoms with Crippen LogP contribution in [0.5, 0.6) is 0 Å². The molecular formula is C36H39ClN4O4. The predicted octanol–water partition coefficient (Wildman–Crippen LogP) is 6.59. The van der Waals surface area contributed by atoms with Crippen molar-refractivity contribution in [3.8, 4) is 0 Å². The number of dihydropyridines is 1. The highest BCUT2D eigenvalue weighted by Gasteiger charge is 2.40. The van der Waals surface area contributed by atoms with Gasteiger partial charge in [0.25, 0.3) is 0 Å². The molecule has 45 heavy (non-hydrogen) atoms. The van der Waals surface area contributed by atoms with Crippen molar-refractivity contribution in [1.82, 2.24) is 20.2 Å². The molecule has 1 amide bonds. The third kappa shape index (κ3) is 7.47. The van der Waals surface area contributed by atoms with Crippen LogP contribution in [0.1, 0.15) is 50.6 Å². The highest BCUT2D eigenvalue weighted by atomic mass is 35.5. The average Bonchev–Trinajstić information content (AvgIpc) is 3.32. The van der Waals surface area contributed by atoms with Gasteiger partial charge in [-0.05, 0) is 63.9 Å². The Kier molecular flexibility index (Phi) is 9.75. The molecule has 1 aliphatic heterocycles. The number of aryl methyl sites for hydroxylation is 1. The fourth-order valence-corrected chi connectivity index (χ4v) is 5.83. The number of amides is 1. The van der Waals surface area contributed by atoms with Crippen LogP contribution in [0.2, 0.25) is 5.02 Å². The van der Waals surface area contributed by atoms with E-state index in [2.05, 4.69) is 20.2 Å². The normalized spacial score (nSPS) is 15.3. The summed E-state index contributed by atoms with van der Waals surface area (Å²) in [5, 5.41) is 6.83. The average molecular weight is 627 g/mol. The minimum atomic E-state index is -0.788. The Morgan fingerprint density at radius 2 is 1.62 bits per heavy atom. The standard InChI is InChI=1S/C36H39ClN4O4/c1-23-31(34(42)40-36(3,4)5)32(26-15-9-10-16-27(26)37)33(35(43)45-21-25-13-7-6-8-14-25)29(38-23)22-44-20-19-41-24(2)39-28-17-11-12-18-30(28)41/h6-18,32,38H,19-22H2,1-5H3,(H,40,42). The molecule has 1 atom stereocenters. The third-order valence-electron chi connectivity index (χ3n) is 7.58. The lowest BCUT2D eigenvalue weighted by Crippen LogP contribution is -2.45. The molecule has 0 spiro atoms. The van der Waals surface area contributed by atoms with E-state index in [0.29, 0.717) is 40.7 Å². The molecule has 1 unspecified atom stereocenters. The van der Waals surface area contributed by atoms with Crippen LogP contribution in [-0.2, 0) is 32.2 Å². The number of nitrogens with one attached hydrogen (secondary N) is 2. The first kappa shape index (κ1) is 32.0. The maximum atomic E-state index is 14.1. The molecule has 234 valence electrons. The second kappa shape index (κ2) is 13.7. The molecule has 1 aliphatic rings. The SMILES string of the molecule is CC1=C(C(=O)NC(C)(C)C)C(c2ccccc2Cl)C(C(=O)OCc2ccccc2)=C(COCCn2c(C)nc3ccccc32)N1. The molecule has 4 aromatic rings. The van der Waals surface area contributed by atoms with Gasteiger partial charge in [-0.25, -0.2) is 9.78 Å². The lowest BCUT2D eigenvalue weighted by Gasteiger charge is -2.34. The van der Waals surface area contributed by atoms with Crippen LogP contribution >= 0.6 is 11.6 Å². The van der Waals surface area contributed by atoms with Gasteiger partial charge in [-0.15, -0.1) is 0 Å². The molecular weight excluding hydrogens is 588 g/mol. The summed E-state index contributed by atoms with van der Waals surface area (Å²) in [5.74, 6) is -0.746. The Labute approximate surface area is 269 Å². The molecule has 1 aromatic heterocycles. The number of hydrogen-bond acceptors (Lipinski definition) is 6. The number of halogens is 1. The maximum absolute atomic E-state index is 14.1. The van der Waals surface area contributed by atoms with Gasteiger partial charge in [0.1, 0.15) is 12.4 Å². The molecule has 0 radical (unpaired) electrons. The number of fused-ring (bicyclic) bond motifs is 1. The van der Waals surface area contributed by atoms with Crippen molar-refractivity contribution in [3.05, 3.63) is 123 Å². The van der Waals surface area contributed by atoms with Crippen molar-refractivity contribution >= 4 is 34.5 Å². The quantitative estimate of drug-likeness (QED) is 0.152. The van der Waals surface area contributed by atoms with Crippen LogP contribution in [0, 0.1) is 6.92 Å². The van der Waals surface area contributed by atoms with Crippen molar-refractivity contribution in [1.29, 1.82) is 0 Å². The summed E-state index contributed by atoms with van der Waals surface area (Å²) in [6.45, 7) is 10.7. The number of aromatic nitrogens is 2. The van der Waals surface area contributed by atoms with Gasteiger partial charge in [0.15, 0.2) is 0 Å². The number of carbonyl (C=O) groups is 2. The Morgan fingerprint density at radius 3 is 2.36 bits per heavy atom. The molecule has 8 nitrogen and oxygen atoms in total. The van der Waals surface area contributed by atoms with Crippen LogP contribution < -0.4 is 10.6 Å². The maximum Gasteiger partial charge on any atom is 0.337 e. The van der Waals surface area contributed by atoms with Crippen molar-refractivity contribution in [2.24, 2.45) is 0 Å². The van der Waals surface area contributed by atoms with Crippen LogP contribution in [0.25, 0.3) is 11.0 Å². The number of ether oxygens (including phenoxy) is 2. The summed E-state index contributed by atoms with van der Waals surface area (Å²) < 4.78 is 14.2. The fourth-order valence-electron chi connectivity index (χ4n) is 5.59.